The summed E-state index contributed by atoms with van der Waals surface area (Å²) in [6.45, 7) is 2.55. The highest BCUT2D eigenvalue weighted by molar-refractivity contribution is 7.10. The molecule has 8 heteroatoms. The number of nitrogen functional groups attached to an aromatic ring is 2. The van der Waals surface area contributed by atoms with Gasteiger partial charge in [-0.2, -0.15) is 4.98 Å². The van der Waals surface area contributed by atoms with Gasteiger partial charge in [0, 0.05) is 4.88 Å². The normalized spacial score (nSPS) is 11.2. The predicted molar refractivity (Wildman–Crippen MR) is 75.1 cm³/mol. The van der Waals surface area contributed by atoms with Crippen molar-refractivity contribution in [1.29, 1.82) is 0 Å². The van der Waals surface area contributed by atoms with Gasteiger partial charge in [-0.25, -0.2) is 4.98 Å². The lowest BCUT2D eigenvalue weighted by atomic mass is 10.3. The molecule has 3 aromatic rings. The van der Waals surface area contributed by atoms with Gasteiger partial charge in [0.25, 0.3) is 5.56 Å². The van der Waals surface area contributed by atoms with Gasteiger partial charge in [0.1, 0.15) is 0 Å². The summed E-state index contributed by atoms with van der Waals surface area (Å²) >= 11 is 1.66. The van der Waals surface area contributed by atoms with Gasteiger partial charge < -0.3 is 11.5 Å². The fourth-order valence-corrected chi connectivity index (χ4v) is 2.66. The van der Waals surface area contributed by atoms with Gasteiger partial charge in [0.15, 0.2) is 11.2 Å². The molecule has 0 spiro atoms. The van der Waals surface area contributed by atoms with Crippen LogP contribution in [0.2, 0.25) is 0 Å². The Morgan fingerprint density at radius 1 is 1.42 bits per heavy atom. The molecule has 0 amide bonds. The number of fused-ring (bicyclic) bond motifs is 1. The van der Waals surface area contributed by atoms with Crippen molar-refractivity contribution in [1.82, 2.24) is 19.5 Å². The van der Waals surface area contributed by atoms with Crippen LogP contribution in [-0.2, 0) is 6.54 Å². The first-order chi connectivity index (χ1) is 9.04. The SMILES string of the molecule is Cc1cc(Cn2c(N)nc3c(=O)[nH]c(N)nc32)cs1. The van der Waals surface area contributed by atoms with Crippen molar-refractivity contribution in [2.24, 2.45) is 0 Å². The molecule has 3 rings (SSSR count). The number of hydrogen-bond donors (Lipinski definition) is 3. The van der Waals surface area contributed by atoms with Gasteiger partial charge in [-0.1, -0.05) is 0 Å². The second-order valence-corrected chi connectivity index (χ2v) is 5.36. The van der Waals surface area contributed by atoms with E-state index in [9.17, 15) is 4.79 Å². The van der Waals surface area contributed by atoms with Crippen LogP contribution in [0.25, 0.3) is 11.2 Å². The van der Waals surface area contributed by atoms with E-state index in [1.165, 1.54) is 4.88 Å². The number of nitrogens with one attached hydrogen (secondary N) is 1. The minimum atomic E-state index is -0.380. The third kappa shape index (κ3) is 1.95. The van der Waals surface area contributed by atoms with Crippen LogP contribution in [0.15, 0.2) is 16.2 Å². The van der Waals surface area contributed by atoms with E-state index in [4.69, 9.17) is 11.5 Å². The predicted octanol–water partition coefficient (Wildman–Crippen LogP) is 0.702. The Bertz CT molecular complexity index is 814. The molecule has 0 aliphatic rings. The number of aromatic amines is 1. The lowest BCUT2D eigenvalue weighted by molar-refractivity contribution is 0.830. The summed E-state index contributed by atoms with van der Waals surface area (Å²) in [6, 6.07) is 2.06. The van der Waals surface area contributed by atoms with Crippen LogP contribution in [0.5, 0.6) is 0 Å². The molecule has 7 nitrogen and oxygen atoms in total. The first-order valence-corrected chi connectivity index (χ1v) is 6.48. The van der Waals surface area contributed by atoms with Crippen LogP contribution in [0, 0.1) is 6.92 Å². The van der Waals surface area contributed by atoms with Crippen molar-refractivity contribution < 1.29 is 0 Å². The number of imidazole rings is 1. The molecule has 98 valence electrons. The fourth-order valence-electron chi connectivity index (χ4n) is 1.96. The molecule has 19 heavy (non-hydrogen) atoms. The smallest absolute Gasteiger partial charge is 0.280 e. The Morgan fingerprint density at radius 2 is 2.21 bits per heavy atom. The van der Waals surface area contributed by atoms with E-state index in [-0.39, 0.29) is 23.0 Å². The number of thiophene rings is 1. The second-order valence-electron chi connectivity index (χ2n) is 4.25. The number of anilines is 2. The van der Waals surface area contributed by atoms with Crippen LogP contribution < -0.4 is 17.0 Å². The molecule has 0 unspecified atom stereocenters. The summed E-state index contributed by atoms with van der Waals surface area (Å²) in [4.78, 5) is 23.5. The summed E-state index contributed by atoms with van der Waals surface area (Å²) in [6.07, 6.45) is 0. The lowest BCUT2D eigenvalue weighted by Crippen LogP contribution is -2.12. The molecule has 0 atom stereocenters. The first-order valence-electron chi connectivity index (χ1n) is 5.60. The zero-order valence-electron chi connectivity index (χ0n) is 10.2. The number of aryl methyl sites for hydroxylation is 1. The van der Waals surface area contributed by atoms with Gasteiger partial charge in [0.05, 0.1) is 6.54 Å². The zero-order chi connectivity index (χ0) is 13.6. The Balaban J connectivity index is 2.17. The average molecular weight is 276 g/mol. The van der Waals surface area contributed by atoms with Crippen LogP contribution in [0.4, 0.5) is 11.9 Å². The molecule has 0 saturated carbocycles. The van der Waals surface area contributed by atoms with Gasteiger partial charge in [-0.3, -0.25) is 14.3 Å². The number of aromatic nitrogens is 4. The van der Waals surface area contributed by atoms with Gasteiger partial charge >= 0.3 is 0 Å². The molecule has 0 bridgehead atoms. The first kappa shape index (κ1) is 11.7. The van der Waals surface area contributed by atoms with Gasteiger partial charge in [0.2, 0.25) is 11.9 Å². The highest BCUT2D eigenvalue weighted by Crippen LogP contribution is 2.19. The van der Waals surface area contributed by atoms with Crippen LogP contribution in [-0.4, -0.2) is 19.5 Å². The van der Waals surface area contributed by atoms with Gasteiger partial charge in [-0.05, 0) is 23.9 Å². The number of rotatable bonds is 2. The van der Waals surface area contributed by atoms with E-state index in [1.807, 2.05) is 12.3 Å². The summed E-state index contributed by atoms with van der Waals surface area (Å²) in [5.41, 5.74) is 12.7. The molecule has 0 aliphatic carbocycles. The number of H-pyrrole nitrogens is 1. The minimum absolute atomic E-state index is 0.0557. The largest absolute Gasteiger partial charge is 0.369 e. The van der Waals surface area contributed by atoms with Crippen molar-refractivity contribution in [3.8, 4) is 0 Å². The summed E-state index contributed by atoms with van der Waals surface area (Å²) in [5.74, 6) is 0.308. The van der Waals surface area contributed by atoms with Crippen molar-refractivity contribution >= 4 is 34.4 Å². The van der Waals surface area contributed by atoms with Crippen molar-refractivity contribution in [3.63, 3.8) is 0 Å². The average Bonchev–Trinajstić information content (AvgIpc) is 2.87. The molecular weight excluding hydrogens is 264 g/mol. The molecule has 5 N–H and O–H groups in total. The number of nitrogens with two attached hydrogens (primary N) is 2. The maximum Gasteiger partial charge on any atom is 0.280 e. The van der Waals surface area contributed by atoms with Crippen LogP contribution in [0.1, 0.15) is 10.4 Å². The van der Waals surface area contributed by atoms with Crippen LogP contribution >= 0.6 is 11.3 Å². The molecule has 0 radical (unpaired) electrons. The monoisotopic (exact) mass is 276 g/mol. The van der Waals surface area contributed by atoms with E-state index in [0.717, 1.165) is 5.56 Å². The van der Waals surface area contributed by atoms with E-state index in [0.29, 0.717) is 12.2 Å². The van der Waals surface area contributed by atoms with E-state index in [1.54, 1.807) is 15.9 Å². The molecule has 3 heterocycles. The maximum atomic E-state index is 11.7. The third-order valence-corrected chi connectivity index (χ3v) is 3.69. The van der Waals surface area contributed by atoms with Gasteiger partial charge in [-0.15, -0.1) is 11.3 Å². The highest BCUT2D eigenvalue weighted by atomic mass is 32.1. The zero-order valence-corrected chi connectivity index (χ0v) is 11.0. The lowest BCUT2D eigenvalue weighted by Gasteiger charge is -2.03. The maximum absolute atomic E-state index is 11.7. The van der Waals surface area contributed by atoms with Crippen molar-refractivity contribution in [2.75, 3.05) is 11.5 Å². The van der Waals surface area contributed by atoms with E-state index < -0.39 is 0 Å². The summed E-state index contributed by atoms with van der Waals surface area (Å²) in [7, 11) is 0. The Kier molecular flexibility index (Phi) is 2.53. The number of nitrogens with zero attached hydrogens (tertiary/aromatic N) is 3. The Labute approximate surface area is 111 Å². The molecular formula is C11H12N6OS. The number of hydrogen-bond acceptors (Lipinski definition) is 6. The van der Waals surface area contributed by atoms with Crippen LogP contribution in [0.3, 0.4) is 0 Å². The molecule has 0 aliphatic heterocycles. The topological polar surface area (TPSA) is 116 Å². The molecule has 0 aromatic carbocycles. The summed E-state index contributed by atoms with van der Waals surface area (Å²) in [5, 5.41) is 2.04. The Morgan fingerprint density at radius 3 is 2.89 bits per heavy atom. The molecule has 3 aromatic heterocycles. The molecule has 0 fully saturated rings. The third-order valence-electron chi connectivity index (χ3n) is 2.78. The molecule has 0 saturated heterocycles. The fraction of sp³-hybridized carbons (Fsp3) is 0.182. The summed E-state index contributed by atoms with van der Waals surface area (Å²) < 4.78 is 1.68. The van der Waals surface area contributed by atoms with E-state index >= 15 is 0 Å². The quantitative estimate of drug-likeness (QED) is 0.637. The highest BCUT2D eigenvalue weighted by Gasteiger charge is 2.14. The van der Waals surface area contributed by atoms with Crippen molar-refractivity contribution in [2.45, 2.75) is 13.5 Å². The Hall–Kier alpha value is -2.35. The second kappa shape index (κ2) is 4.09. The standard InChI is InChI=1S/C11H12N6OS/c1-5-2-6(4-19-5)3-17-8-7(14-11(17)13)9(18)16-10(12)15-8/h2,4H,3H2,1H3,(H2,13,14)(H3,12,15,16,18). The van der Waals surface area contributed by atoms with E-state index in [2.05, 4.69) is 21.0 Å². The minimum Gasteiger partial charge on any atom is -0.369 e. The van der Waals surface area contributed by atoms with Crippen molar-refractivity contribution in [3.05, 3.63) is 32.2 Å².